The average Bonchev–Trinajstić information content (AvgIpc) is 2.59. The van der Waals surface area contributed by atoms with Gasteiger partial charge in [-0.3, -0.25) is 9.59 Å². The molecule has 1 atom stereocenters. The molecule has 24 heavy (non-hydrogen) atoms. The molecule has 0 aliphatic heterocycles. The van der Waals surface area contributed by atoms with Gasteiger partial charge in [0, 0.05) is 16.7 Å². The Balaban J connectivity index is 2.27. The Bertz CT molecular complexity index is 705. The van der Waals surface area contributed by atoms with Gasteiger partial charge in [-0.1, -0.05) is 68.4 Å². The van der Waals surface area contributed by atoms with E-state index in [0.717, 1.165) is 11.1 Å². The number of aliphatic carboxylic acids is 1. The van der Waals surface area contributed by atoms with Crippen molar-refractivity contribution in [1.29, 1.82) is 0 Å². The number of thioether (sulfide) groups is 1. The first-order valence-electron chi connectivity index (χ1n) is 7.80. The number of rotatable bonds is 7. The van der Waals surface area contributed by atoms with Gasteiger partial charge < -0.3 is 5.11 Å². The second kappa shape index (κ2) is 7.67. The smallest absolute Gasteiger partial charge is 0.308 e. The summed E-state index contributed by atoms with van der Waals surface area (Å²) in [7, 11) is 0. The van der Waals surface area contributed by atoms with Crippen molar-refractivity contribution < 1.29 is 14.7 Å². The van der Waals surface area contributed by atoms with E-state index >= 15 is 0 Å². The van der Waals surface area contributed by atoms with Crippen LogP contribution < -0.4 is 0 Å². The van der Waals surface area contributed by atoms with Gasteiger partial charge in [-0.15, -0.1) is 0 Å². The zero-order chi connectivity index (χ0) is 17.7. The van der Waals surface area contributed by atoms with E-state index in [4.69, 9.17) is 0 Å². The van der Waals surface area contributed by atoms with Gasteiger partial charge in [0.05, 0.1) is 5.92 Å². The van der Waals surface area contributed by atoms with Crippen molar-refractivity contribution >= 4 is 23.5 Å². The van der Waals surface area contributed by atoms with Gasteiger partial charge in [-0.05, 0) is 17.4 Å². The van der Waals surface area contributed by atoms with Gasteiger partial charge >= 0.3 is 5.97 Å². The number of benzene rings is 2. The monoisotopic (exact) mass is 342 g/mol. The quantitative estimate of drug-likeness (QED) is 0.746. The highest BCUT2D eigenvalue weighted by Crippen LogP contribution is 2.34. The van der Waals surface area contributed by atoms with E-state index in [0.29, 0.717) is 11.3 Å². The van der Waals surface area contributed by atoms with Gasteiger partial charge in [0.2, 0.25) is 0 Å². The third-order valence-corrected chi connectivity index (χ3v) is 5.01. The predicted molar refractivity (Wildman–Crippen MR) is 99.5 cm³/mol. The van der Waals surface area contributed by atoms with Crippen LogP contribution in [0.4, 0.5) is 0 Å². The minimum Gasteiger partial charge on any atom is -0.481 e. The summed E-state index contributed by atoms with van der Waals surface area (Å²) >= 11 is 1.44. The lowest BCUT2D eigenvalue weighted by Crippen LogP contribution is -2.39. The molecule has 0 saturated heterocycles. The van der Waals surface area contributed by atoms with Gasteiger partial charge in [0.25, 0.3) is 0 Å². The molecule has 0 amide bonds. The summed E-state index contributed by atoms with van der Waals surface area (Å²) < 4.78 is 0. The van der Waals surface area contributed by atoms with Crippen LogP contribution in [0.3, 0.4) is 0 Å². The molecule has 0 saturated carbocycles. The van der Waals surface area contributed by atoms with Gasteiger partial charge in [-0.25, -0.2) is 0 Å². The SMILES string of the molecule is CSCC(C(=O)O)C(C)(C)C(=O)c1ccc(-c2ccccc2)cc1. The number of carbonyl (C=O) groups is 2. The van der Waals surface area contributed by atoms with Crippen molar-refractivity contribution in [2.24, 2.45) is 11.3 Å². The number of carboxylic acids is 1. The summed E-state index contributed by atoms with van der Waals surface area (Å²) in [4.78, 5) is 24.4. The standard InChI is InChI=1S/C20H22O3S/c1-20(2,17(13-24-3)19(22)23)18(21)16-11-9-15(10-12-16)14-7-5-4-6-8-14/h4-12,17H,13H2,1-3H3,(H,22,23). The van der Waals surface area contributed by atoms with Crippen LogP contribution >= 0.6 is 11.8 Å². The van der Waals surface area contributed by atoms with Crippen LogP contribution in [0.5, 0.6) is 0 Å². The molecule has 0 radical (unpaired) electrons. The number of hydrogen-bond acceptors (Lipinski definition) is 3. The summed E-state index contributed by atoms with van der Waals surface area (Å²) in [5, 5.41) is 9.46. The van der Waals surface area contributed by atoms with Crippen LogP contribution in [0.2, 0.25) is 0 Å². The van der Waals surface area contributed by atoms with Gasteiger partial charge in [0.15, 0.2) is 5.78 Å². The highest BCUT2D eigenvalue weighted by Gasteiger charge is 2.41. The fourth-order valence-corrected chi connectivity index (χ4v) is 3.62. The molecule has 0 bridgehead atoms. The Morgan fingerprint density at radius 1 is 1.00 bits per heavy atom. The third kappa shape index (κ3) is 3.88. The Morgan fingerprint density at radius 2 is 1.54 bits per heavy atom. The van der Waals surface area contributed by atoms with Crippen molar-refractivity contribution in [1.82, 2.24) is 0 Å². The summed E-state index contributed by atoms with van der Waals surface area (Å²) in [6, 6.07) is 17.3. The van der Waals surface area contributed by atoms with E-state index in [1.807, 2.05) is 48.7 Å². The van der Waals surface area contributed by atoms with Gasteiger partial charge in [-0.2, -0.15) is 11.8 Å². The van der Waals surface area contributed by atoms with Crippen LogP contribution in [-0.4, -0.2) is 28.9 Å². The topological polar surface area (TPSA) is 54.4 Å². The molecule has 4 heteroatoms. The Hall–Kier alpha value is -2.07. The lowest BCUT2D eigenvalue weighted by molar-refractivity contribution is -0.143. The second-order valence-corrected chi connectivity index (χ2v) is 7.25. The molecular weight excluding hydrogens is 320 g/mol. The molecule has 0 heterocycles. The highest BCUT2D eigenvalue weighted by atomic mass is 32.2. The van der Waals surface area contributed by atoms with Crippen molar-refractivity contribution in [2.75, 3.05) is 12.0 Å². The molecular formula is C20H22O3S. The van der Waals surface area contributed by atoms with Crippen molar-refractivity contribution in [3.8, 4) is 11.1 Å². The molecule has 2 aromatic carbocycles. The van der Waals surface area contributed by atoms with E-state index in [-0.39, 0.29) is 5.78 Å². The van der Waals surface area contributed by atoms with E-state index in [9.17, 15) is 14.7 Å². The number of hydrogen-bond donors (Lipinski definition) is 1. The Kier molecular flexibility index (Phi) is 5.84. The first kappa shape index (κ1) is 18.3. The van der Waals surface area contributed by atoms with E-state index in [1.165, 1.54) is 11.8 Å². The molecule has 0 aliphatic carbocycles. The predicted octanol–water partition coefficient (Wildman–Crippen LogP) is 4.63. The average molecular weight is 342 g/mol. The highest BCUT2D eigenvalue weighted by molar-refractivity contribution is 7.98. The maximum absolute atomic E-state index is 12.9. The molecule has 1 N–H and O–H groups in total. The van der Waals surface area contributed by atoms with E-state index < -0.39 is 17.3 Å². The van der Waals surface area contributed by atoms with Crippen LogP contribution in [0, 0.1) is 11.3 Å². The largest absolute Gasteiger partial charge is 0.481 e. The third-order valence-electron chi connectivity index (χ3n) is 4.34. The molecule has 2 rings (SSSR count). The molecule has 0 aromatic heterocycles. The zero-order valence-corrected chi connectivity index (χ0v) is 15.0. The lowest BCUT2D eigenvalue weighted by atomic mass is 9.74. The summed E-state index contributed by atoms with van der Waals surface area (Å²) in [5.41, 5.74) is 1.71. The van der Waals surface area contributed by atoms with Crippen LogP contribution in [0.25, 0.3) is 11.1 Å². The second-order valence-electron chi connectivity index (χ2n) is 6.34. The maximum Gasteiger partial charge on any atom is 0.308 e. The maximum atomic E-state index is 12.9. The Morgan fingerprint density at radius 3 is 2.04 bits per heavy atom. The Labute approximate surface area is 147 Å². The summed E-state index contributed by atoms with van der Waals surface area (Å²) in [6.07, 6.45) is 1.85. The van der Waals surface area contributed by atoms with E-state index in [1.54, 1.807) is 26.0 Å². The fourth-order valence-electron chi connectivity index (χ4n) is 2.73. The first-order valence-corrected chi connectivity index (χ1v) is 9.19. The molecule has 1 unspecified atom stereocenters. The van der Waals surface area contributed by atoms with Gasteiger partial charge in [0.1, 0.15) is 0 Å². The van der Waals surface area contributed by atoms with Crippen LogP contribution in [-0.2, 0) is 4.79 Å². The van der Waals surface area contributed by atoms with Crippen LogP contribution in [0.1, 0.15) is 24.2 Å². The lowest BCUT2D eigenvalue weighted by Gasteiger charge is -2.29. The van der Waals surface area contributed by atoms with E-state index in [2.05, 4.69) is 0 Å². The minimum absolute atomic E-state index is 0.136. The number of carbonyl (C=O) groups excluding carboxylic acids is 1. The summed E-state index contributed by atoms with van der Waals surface area (Å²) in [5.74, 6) is -1.36. The van der Waals surface area contributed by atoms with Crippen molar-refractivity contribution in [3.63, 3.8) is 0 Å². The molecule has 3 nitrogen and oxygen atoms in total. The molecule has 0 spiro atoms. The first-order chi connectivity index (χ1) is 11.4. The summed E-state index contributed by atoms with van der Waals surface area (Å²) in [6.45, 7) is 3.44. The molecule has 126 valence electrons. The number of ketones is 1. The van der Waals surface area contributed by atoms with Crippen molar-refractivity contribution in [2.45, 2.75) is 13.8 Å². The molecule has 2 aromatic rings. The normalized spacial score (nSPS) is 12.6. The minimum atomic E-state index is -0.955. The number of Topliss-reactive ketones (excluding diaryl/α,β-unsaturated/α-hetero) is 1. The zero-order valence-electron chi connectivity index (χ0n) is 14.2. The van der Waals surface area contributed by atoms with Crippen molar-refractivity contribution in [3.05, 3.63) is 60.2 Å². The molecule has 0 aliphatic rings. The fraction of sp³-hybridized carbons (Fsp3) is 0.300. The van der Waals surface area contributed by atoms with Crippen LogP contribution in [0.15, 0.2) is 54.6 Å². The molecule has 0 fully saturated rings. The number of carboxylic acid groups (broad SMARTS) is 1.